The average Bonchev–Trinajstić information content (AvgIpc) is 2.92. The molecule has 0 N–H and O–H groups in total. The Morgan fingerprint density at radius 3 is 1.38 bits per heavy atom. The quantitative estimate of drug-likeness (QED) is 0.133. The fourth-order valence-corrected chi connectivity index (χ4v) is 14.1. The summed E-state index contributed by atoms with van der Waals surface area (Å²) >= 11 is 0.243. The van der Waals surface area contributed by atoms with E-state index < -0.39 is 22.6 Å². The summed E-state index contributed by atoms with van der Waals surface area (Å²) in [5, 5.41) is 4.27. The topological polar surface area (TPSA) is 0 Å². The van der Waals surface area contributed by atoms with Crippen LogP contribution in [0.3, 0.4) is 0 Å². The van der Waals surface area contributed by atoms with Crippen molar-refractivity contribution < 1.29 is 0 Å². The molecule has 0 bridgehead atoms. The summed E-state index contributed by atoms with van der Waals surface area (Å²) in [6.07, 6.45) is 0. The van der Waals surface area contributed by atoms with E-state index >= 15 is 0 Å². The molecule has 3 heteroatoms. The average molecular weight is 579 g/mol. The molecule has 0 saturated carbocycles. The molecule has 0 unspecified atom stereocenters. The predicted octanol–water partition coefficient (Wildman–Crippen LogP) is 5.85. The van der Waals surface area contributed by atoms with Crippen molar-refractivity contribution in [2.75, 3.05) is 0 Å². The van der Waals surface area contributed by atoms with Gasteiger partial charge in [-0.05, 0) is 0 Å². The first kappa shape index (κ1) is 26.1. The van der Waals surface area contributed by atoms with E-state index in [-0.39, 0.29) is 4.75 Å². The molecular formula is C34H32AsPS. The van der Waals surface area contributed by atoms with Crippen LogP contribution >= 0.6 is 19.7 Å². The van der Waals surface area contributed by atoms with Gasteiger partial charge in [0.25, 0.3) is 0 Å². The Morgan fingerprint density at radius 1 is 0.514 bits per heavy atom. The second-order valence-electron chi connectivity index (χ2n) is 9.85. The number of thioether (sulfide) groups is 1. The van der Waals surface area contributed by atoms with Gasteiger partial charge in [0.1, 0.15) is 0 Å². The third-order valence-electron chi connectivity index (χ3n) is 5.92. The van der Waals surface area contributed by atoms with E-state index in [2.05, 4.69) is 160 Å². The Labute approximate surface area is 232 Å². The molecule has 0 nitrogen and oxygen atoms in total. The maximum absolute atomic E-state index is 2.42. The summed E-state index contributed by atoms with van der Waals surface area (Å²) in [7, 11) is -0.696. The van der Waals surface area contributed by atoms with Crippen LogP contribution in [0.1, 0.15) is 20.8 Å². The summed E-state index contributed by atoms with van der Waals surface area (Å²) < 4.78 is 4.56. The van der Waals surface area contributed by atoms with Crippen LogP contribution in [0.15, 0.2) is 144 Å². The molecule has 0 spiro atoms. The molecule has 0 aromatic heterocycles. The monoisotopic (exact) mass is 578 g/mol. The van der Waals surface area contributed by atoms with E-state index in [1.807, 2.05) is 11.8 Å². The second kappa shape index (κ2) is 11.9. The standard InChI is InChI=1S/C34H32AsPS/c1-34(2,3)37-33-31(35(27-17-8-4-9-18-27)28-19-10-5-11-20-28)25-16-26-32(33)36(29-21-12-6-13-22-29)30-23-14-7-15-24-30/h4-26H,1-3H3. The van der Waals surface area contributed by atoms with Gasteiger partial charge in [-0.3, -0.25) is 0 Å². The van der Waals surface area contributed by atoms with Gasteiger partial charge in [0.2, 0.25) is 0 Å². The zero-order valence-electron chi connectivity index (χ0n) is 21.6. The molecule has 0 saturated heterocycles. The van der Waals surface area contributed by atoms with Crippen LogP contribution in [-0.4, -0.2) is 19.4 Å². The van der Waals surface area contributed by atoms with Crippen molar-refractivity contribution in [3.8, 4) is 0 Å². The van der Waals surface area contributed by atoms with E-state index in [1.54, 1.807) is 0 Å². The summed E-state index contributed by atoms with van der Waals surface area (Å²) in [6.45, 7) is 7.02. The summed E-state index contributed by atoms with van der Waals surface area (Å²) in [6, 6.07) is 51.7. The van der Waals surface area contributed by atoms with Crippen LogP contribution in [0.2, 0.25) is 0 Å². The molecule has 0 aliphatic heterocycles. The molecule has 5 aromatic carbocycles. The Bertz CT molecular complexity index is 1230. The third-order valence-corrected chi connectivity index (χ3v) is 15.4. The molecule has 0 heterocycles. The van der Waals surface area contributed by atoms with Crippen molar-refractivity contribution in [3.05, 3.63) is 140 Å². The molecule has 0 atom stereocenters. The Hall–Kier alpha value is -2.56. The van der Waals surface area contributed by atoms with Gasteiger partial charge < -0.3 is 0 Å². The Balaban J connectivity index is 1.79. The van der Waals surface area contributed by atoms with Crippen molar-refractivity contribution >= 4 is 63.3 Å². The van der Waals surface area contributed by atoms with Gasteiger partial charge in [-0.25, -0.2) is 0 Å². The van der Waals surface area contributed by atoms with Crippen molar-refractivity contribution in [1.29, 1.82) is 0 Å². The number of hydrogen-bond donors (Lipinski definition) is 0. The Kier molecular flexibility index (Phi) is 8.36. The van der Waals surface area contributed by atoms with Gasteiger partial charge in [0, 0.05) is 0 Å². The molecule has 184 valence electrons. The summed E-state index contributed by atoms with van der Waals surface area (Å²) in [5.41, 5.74) is 0. The van der Waals surface area contributed by atoms with E-state index in [1.165, 1.54) is 33.9 Å². The van der Waals surface area contributed by atoms with Crippen LogP contribution in [0.25, 0.3) is 0 Å². The summed E-state index contributed by atoms with van der Waals surface area (Å²) in [5.74, 6) is 0. The van der Waals surface area contributed by atoms with Gasteiger partial charge >= 0.3 is 233 Å². The molecule has 5 rings (SSSR count). The van der Waals surface area contributed by atoms with Crippen LogP contribution in [-0.2, 0) is 0 Å². The van der Waals surface area contributed by atoms with Gasteiger partial charge in [-0.2, -0.15) is 0 Å². The van der Waals surface area contributed by atoms with E-state index in [0.29, 0.717) is 0 Å². The van der Waals surface area contributed by atoms with Crippen LogP contribution in [0.5, 0.6) is 0 Å². The van der Waals surface area contributed by atoms with Gasteiger partial charge in [0.15, 0.2) is 0 Å². The minimum atomic E-state index is -1.80. The van der Waals surface area contributed by atoms with Crippen LogP contribution < -0.4 is 29.0 Å². The van der Waals surface area contributed by atoms with Crippen LogP contribution in [0, 0.1) is 0 Å². The van der Waals surface area contributed by atoms with Crippen molar-refractivity contribution in [1.82, 2.24) is 0 Å². The molecule has 0 aliphatic rings. The third kappa shape index (κ3) is 6.30. The van der Waals surface area contributed by atoms with Gasteiger partial charge in [0.05, 0.1) is 0 Å². The maximum atomic E-state index is 2.42. The second-order valence-corrected chi connectivity index (χ2v) is 18.5. The van der Waals surface area contributed by atoms with Crippen molar-refractivity contribution in [2.45, 2.75) is 30.4 Å². The fourth-order valence-electron chi connectivity index (χ4n) is 4.44. The number of rotatable bonds is 7. The van der Waals surface area contributed by atoms with Gasteiger partial charge in [-0.1, -0.05) is 0 Å². The molecular weight excluding hydrogens is 546 g/mol. The van der Waals surface area contributed by atoms with Gasteiger partial charge in [-0.15, -0.1) is 0 Å². The van der Waals surface area contributed by atoms with Crippen LogP contribution in [0.4, 0.5) is 0 Å². The van der Waals surface area contributed by atoms with E-state index in [4.69, 9.17) is 0 Å². The first-order chi connectivity index (χ1) is 18.0. The SMILES string of the molecule is CC(C)(C)Sc1c(P(c2ccccc2)c2ccccc2)cccc1[As](c1ccccc1)c1ccccc1. The zero-order valence-corrected chi connectivity index (χ0v) is 25.2. The van der Waals surface area contributed by atoms with E-state index in [9.17, 15) is 0 Å². The fraction of sp³-hybridized carbons (Fsp3) is 0.118. The molecule has 0 fully saturated rings. The molecule has 0 amide bonds. The normalized spacial score (nSPS) is 11.7. The van der Waals surface area contributed by atoms with Crippen molar-refractivity contribution in [3.63, 3.8) is 0 Å². The molecule has 5 aromatic rings. The molecule has 0 radical (unpaired) electrons. The first-order valence-electron chi connectivity index (χ1n) is 12.6. The first-order valence-corrected chi connectivity index (χ1v) is 17.6. The number of hydrogen-bond acceptors (Lipinski definition) is 1. The zero-order chi connectivity index (χ0) is 25.7. The number of benzene rings is 5. The predicted molar refractivity (Wildman–Crippen MR) is 168 cm³/mol. The molecule has 0 aliphatic carbocycles. The van der Waals surface area contributed by atoms with Crippen molar-refractivity contribution in [2.24, 2.45) is 0 Å². The minimum absolute atomic E-state index is 0.0900. The summed E-state index contributed by atoms with van der Waals surface area (Å²) in [4.78, 5) is 1.47. The van der Waals surface area contributed by atoms with E-state index in [0.717, 1.165) is 0 Å². The molecule has 37 heavy (non-hydrogen) atoms. The Morgan fingerprint density at radius 2 is 0.946 bits per heavy atom.